The predicted molar refractivity (Wildman–Crippen MR) is 54.7 cm³/mol. The maximum Gasteiger partial charge on any atom is 0.367 e. The standard InChI is InChI=1S/C8H13NO5S/c1-3-14-8(13)15-4-6(7(11)12)9-5(2)10/h6H,3-4H2,1-2H3,(H,9,10)(H,11,12)/t6-/m0/s1. The topological polar surface area (TPSA) is 92.7 Å². The van der Waals surface area contributed by atoms with Gasteiger partial charge in [-0.3, -0.25) is 4.79 Å². The Kier molecular flexibility index (Phi) is 6.52. The third-order valence-corrected chi connectivity index (χ3v) is 2.16. The van der Waals surface area contributed by atoms with Gasteiger partial charge in [0.05, 0.1) is 6.61 Å². The molecule has 0 aliphatic carbocycles. The zero-order chi connectivity index (χ0) is 11.8. The monoisotopic (exact) mass is 235 g/mol. The van der Waals surface area contributed by atoms with E-state index in [1.165, 1.54) is 6.92 Å². The number of carbonyl (C=O) groups excluding carboxylic acids is 2. The molecule has 0 unspecified atom stereocenters. The molecule has 86 valence electrons. The van der Waals surface area contributed by atoms with Gasteiger partial charge in [-0.25, -0.2) is 9.59 Å². The minimum absolute atomic E-state index is 0.0479. The van der Waals surface area contributed by atoms with Gasteiger partial charge in [0.25, 0.3) is 0 Å². The van der Waals surface area contributed by atoms with Gasteiger partial charge >= 0.3 is 11.3 Å². The summed E-state index contributed by atoms with van der Waals surface area (Å²) in [4.78, 5) is 32.1. The summed E-state index contributed by atoms with van der Waals surface area (Å²) in [6, 6.07) is -1.07. The number of carboxylic acids is 1. The fourth-order valence-corrected chi connectivity index (χ4v) is 1.46. The summed E-state index contributed by atoms with van der Waals surface area (Å²) in [5.41, 5.74) is 0. The molecule has 15 heavy (non-hydrogen) atoms. The molecule has 0 aromatic carbocycles. The minimum Gasteiger partial charge on any atom is -0.480 e. The van der Waals surface area contributed by atoms with Gasteiger partial charge in [-0.15, -0.1) is 0 Å². The van der Waals surface area contributed by atoms with Crippen LogP contribution in [0.25, 0.3) is 0 Å². The number of ether oxygens (including phenoxy) is 1. The highest BCUT2D eigenvalue weighted by Gasteiger charge is 2.20. The van der Waals surface area contributed by atoms with Crippen LogP contribution >= 0.6 is 11.8 Å². The average molecular weight is 235 g/mol. The molecule has 0 heterocycles. The Morgan fingerprint density at radius 3 is 2.47 bits per heavy atom. The smallest absolute Gasteiger partial charge is 0.367 e. The number of aliphatic carboxylic acids is 1. The van der Waals surface area contributed by atoms with E-state index in [0.717, 1.165) is 11.8 Å². The fraction of sp³-hybridized carbons (Fsp3) is 0.625. The highest BCUT2D eigenvalue weighted by molar-refractivity contribution is 8.13. The first kappa shape index (κ1) is 13.8. The first-order valence-corrected chi connectivity index (χ1v) is 5.25. The Morgan fingerprint density at radius 1 is 1.47 bits per heavy atom. The van der Waals surface area contributed by atoms with Crippen LogP contribution in [0, 0.1) is 0 Å². The minimum atomic E-state index is -1.18. The molecule has 0 aromatic rings. The van der Waals surface area contributed by atoms with Crippen molar-refractivity contribution in [2.75, 3.05) is 12.4 Å². The van der Waals surface area contributed by atoms with Crippen molar-refractivity contribution in [2.24, 2.45) is 0 Å². The van der Waals surface area contributed by atoms with Gasteiger partial charge in [0.1, 0.15) is 6.04 Å². The molecule has 0 aliphatic heterocycles. The van der Waals surface area contributed by atoms with E-state index < -0.39 is 23.2 Å². The van der Waals surface area contributed by atoms with Crippen LogP contribution in [0.4, 0.5) is 4.79 Å². The molecule has 0 aliphatic rings. The average Bonchev–Trinajstić information content (AvgIpc) is 2.11. The molecular weight excluding hydrogens is 222 g/mol. The molecule has 1 amide bonds. The van der Waals surface area contributed by atoms with Crippen molar-refractivity contribution in [2.45, 2.75) is 19.9 Å². The van der Waals surface area contributed by atoms with Crippen molar-refractivity contribution in [3.8, 4) is 0 Å². The van der Waals surface area contributed by atoms with E-state index in [4.69, 9.17) is 5.11 Å². The highest BCUT2D eigenvalue weighted by atomic mass is 32.2. The number of carboxylic acid groups (broad SMARTS) is 1. The van der Waals surface area contributed by atoms with E-state index in [2.05, 4.69) is 10.1 Å². The second kappa shape index (κ2) is 7.10. The lowest BCUT2D eigenvalue weighted by atomic mass is 10.3. The summed E-state index contributed by atoms with van der Waals surface area (Å²) in [6.07, 6.45) is 0. The number of carbonyl (C=O) groups is 3. The largest absolute Gasteiger partial charge is 0.480 e. The van der Waals surface area contributed by atoms with Crippen molar-refractivity contribution < 1.29 is 24.2 Å². The predicted octanol–water partition coefficient (Wildman–Crippen LogP) is 0.465. The summed E-state index contributed by atoms with van der Waals surface area (Å²) >= 11 is 0.723. The van der Waals surface area contributed by atoms with Crippen LogP contribution in [0.5, 0.6) is 0 Å². The molecule has 0 fully saturated rings. The second-order valence-corrected chi connectivity index (χ2v) is 3.54. The maximum atomic E-state index is 10.9. The van der Waals surface area contributed by atoms with E-state index in [0.29, 0.717) is 0 Å². The van der Waals surface area contributed by atoms with E-state index in [9.17, 15) is 14.4 Å². The van der Waals surface area contributed by atoms with Crippen LogP contribution in [0.1, 0.15) is 13.8 Å². The van der Waals surface area contributed by atoms with Crippen molar-refractivity contribution in [3.05, 3.63) is 0 Å². The van der Waals surface area contributed by atoms with E-state index >= 15 is 0 Å². The van der Waals surface area contributed by atoms with E-state index in [1.807, 2.05) is 0 Å². The zero-order valence-electron chi connectivity index (χ0n) is 8.48. The van der Waals surface area contributed by atoms with Crippen LogP contribution in [0.3, 0.4) is 0 Å². The lowest BCUT2D eigenvalue weighted by Crippen LogP contribution is -2.41. The summed E-state index contributed by atoms with van der Waals surface area (Å²) in [5, 5.41) is 10.3. The van der Waals surface area contributed by atoms with Crippen LogP contribution in [-0.4, -0.2) is 40.7 Å². The Bertz CT molecular complexity index is 255. The number of rotatable bonds is 5. The Labute approximate surface area is 91.4 Å². The third kappa shape index (κ3) is 6.78. The quantitative estimate of drug-likeness (QED) is 0.673. The van der Waals surface area contributed by atoms with Gasteiger partial charge in [0, 0.05) is 12.7 Å². The first-order chi connectivity index (χ1) is 6.97. The highest BCUT2D eigenvalue weighted by Crippen LogP contribution is 2.07. The number of nitrogens with one attached hydrogen (secondary N) is 1. The third-order valence-electron chi connectivity index (χ3n) is 1.31. The molecule has 0 rings (SSSR count). The molecule has 0 saturated carbocycles. The summed E-state index contributed by atoms with van der Waals surface area (Å²) in [7, 11) is 0. The summed E-state index contributed by atoms with van der Waals surface area (Å²) < 4.78 is 4.60. The van der Waals surface area contributed by atoms with Gasteiger partial charge < -0.3 is 15.2 Å². The van der Waals surface area contributed by atoms with Crippen molar-refractivity contribution in [3.63, 3.8) is 0 Å². The lowest BCUT2D eigenvalue weighted by molar-refractivity contribution is -0.140. The number of hydrogen-bond donors (Lipinski definition) is 2. The van der Waals surface area contributed by atoms with Gasteiger partial charge in [-0.1, -0.05) is 0 Å². The van der Waals surface area contributed by atoms with E-state index in [1.54, 1.807) is 6.92 Å². The van der Waals surface area contributed by atoms with Crippen LogP contribution < -0.4 is 5.32 Å². The number of amides is 1. The molecule has 0 bridgehead atoms. The molecule has 0 aromatic heterocycles. The Morgan fingerprint density at radius 2 is 2.07 bits per heavy atom. The number of thioether (sulfide) groups is 1. The maximum absolute atomic E-state index is 10.9. The van der Waals surface area contributed by atoms with Crippen LogP contribution in [0.15, 0.2) is 0 Å². The van der Waals surface area contributed by atoms with Crippen molar-refractivity contribution in [1.29, 1.82) is 0 Å². The molecule has 6 nitrogen and oxygen atoms in total. The zero-order valence-corrected chi connectivity index (χ0v) is 9.30. The first-order valence-electron chi connectivity index (χ1n) is 4.26. The fourth-order valence-electron chi connectivity index (χ4n) is 0.731. The molecular formula is C8H13NO5S. The van der Waals surface area contributed by atoms with Crippen LogP contribution in [0.2, 0.25) is 0 Å². The Hall–Kier alpha value is -1.24. The van der Waals surface area contributed by atoms with Crippen LogP contribution in [-0.2, 0) is 14.3 Å². The van der Waals surface area contributed by atoms with Crippen molar-refractivity contribution >= 4 is 28.9 Å². The van der Waals surface area contributed by atoms with Gasteiger partial charge in [-0.2, -0.15) is 0 Å². The van der Waals surface area contributed by atoms with Gasteiger partial charge in [0.2, 0.25) is 5.91 Å². The van der Waals surface area contributed by atoms with Gasteiger partial charge in [0.15, 0.2) is 0 Å². The molecule has 7 heteroatoms. The SMILES string of the molecule is CCOC(=O)SC[C@H](NC(C)=O)C(=O)O. The lowest BCUT2D eigenvalue weighted by Gasteiger charge is -2.11. The molecule has 1 atom stereocenters. The normalized spacial score (nSPS) is 11.6. The molecule has 0 saturated heterocycles. The number of hydrogen-bond acceptors (Lipinski definition) is 5. The molecule has 2 N–H and O–H groups in total. The van der Waals surface area contributed by atoms with Gasteiger partial charge in [-0.05, 0) is 18.7 Å². The summed E-state index contributed by atoms with van der Waals surface area (Å²) in [5.74, 6) is -1.68. The second-order valence-electron chi connectivity index (χ2n) is 2.59. The van der Waals surface area contributed by atoms with E-state index in [-0.39, 0.29) is 12.4 Å². The van der Waals surface area contributed by atoms with Crippen molar-refractivity contribution in [1.82, 2.24) is 5.32 Å². The summed E-state index contributed by atoms with van der Waals surface area (Å²) in [6.45, 7) is 3.11. The molecule has 0 spiro atoms. The molecule has 0 radical (unpaired) electrons. The Balaban J connectivity index is 4.01.